The number of carbonyl (C=O) groups is 1. The number of hydrogen-bond donors (Lipinski definition) is 13. The first kappa shape index (κ1) is 58.5. The van der Waals surface area contributed by atoms with Crippen LogP contribution in [-0.4, -0.2) is 251 Å². The smallest absolute Gasteiger partial charge is 0.303 e. The van der Waals surface area contributed by atoms with E-state index in [2.05, 4.69) is 13.0 Å². The highest BCUT2D eigenvalue weighted by atomic mass is 16.8. The Morgan fingerprint density at radius 3 is 2.00 bits per heavy atom. The summed E-state index contributed by atoms with van der Waals surface area (Å²) in [4.78, 5) is 11.9. The maximum Gasteiger partial charge on any atom is 0.303 e. The van der Waals surface area contributed by atoms with Crippen LogP contribution in [0.5, 0.6) is 0 Å². The molecule has 9 fully saturated rings. The van der Waals surface area contributed by atoms with E-state index in [4.69, 9.17) is 52.1 Å². The minimum atomic E-state index is -1.89. The van der Waals surface area contributed by atoms with Gasteiger partial charge in [0, 0.05) is 41.9 Å². The second kappa shape index (κ2) is 21.8. The average molecular weight is 1110 g/mol. The summed E-state index contributed by atoms with van der Waals surface area (Å²) in [5.41, 5.74) is -0.852. The first-order valence-corrected chi connectivity index (χ1v) is 27.4. The third kappa shape index (κ3) is 9.58. The molecule has 6 heterocycles. The topological polar surface area (TPSA) is 382 Å². The number of rotatable bonds is 10. The Morgan fingerprint density at radius 1 is 0.662 bits per heavy atom. The van der Waals surface area contributed by atoms with E-state index in [-0.39, 0.29) is 49.5 Å². The van der Waals surface area contributed by atoms with Gasteiger partial charge in [0.05, 0.1) is 62.5 Å². The van der Waals surface area contributed by atoms with Crippen molar-refractivity contribution in [2.45, 2.75) is 240 Å². The molecular formula is C52H82O25. The van der Waals surface area contributed by atoms with Crippen LogP contribution in [0, 0.1) is 46.3 Å². The van der Waals surface area contributed by atoms with Crippen molar-refractivity contribution in [1.82, 2.24) is 0 Å². The molecule has 0 aromatic heterocycles. The molecule has 77 heavy (non-hydrogen) atoms. The molecule has 6 aliphatic heterocycles. The minimum absolute atomic E-state index is 0.0304. The zero-order chi connectivity index (χ0) is 55.7. The second-order valence-corrected chi connectivity index (χ2v) is 24.3. The number of carbonyl (C=O) groups excluding carboxylic acids is 1. The molecule has 10 aliphatic rings. The Hall–Kier alpha value is -1.71. The van der Waals surface area contributed by atoms with E-state index in [1.165, 1.54) is 6.92 Å². The molecule has 3 saturated carbocycles. The summed E-state index contributed by atoms with van der Waals surface area (Å²) in [6.45, 7) is 10.8. The van der Waals surface area contributed by atoms with Crippen molar-refractivity contribution in [2.24, 2.45) is 46.3 Å². The van der Waals surface area contributed by atoms with Gasteiger partial charge in [-0.1, -0.05) is 39.3 Å². The van der Waals surface area contributed by atoms with E-state index in [9.17, 15) is 71.2 Å². The summed E-state index contributed by atoms with van der Waals surface area (Å²) in [6.07, 6.45) is -31.5. The number of aliphatic hydroxyl groups is 13. The lowest BCUT2D eigenvalue weighted by Crippen LogP contribution is -2.67. The van der Waals surface area contributed by atoms with Crippen molar-refractivity contribution in [3.63, 3.8) is 0 Å². The first-order valence-electron chi connectivity index (χ1n) is 27.4. The van der Waals surface area contributed by atoms with Gasteiger partial charge in [0.1, 0.15) is 79.4 Å². The zero-order valence-electron chi connectivity index (χ0n) is 44.3. The maximum atomic E-state index is 12.8. The Morgan fingerprint density at radius 2 is 1.31 bits per heavy atom. The molecule has 34 atom stereocenters. The van der Waals surface area contributed by atoms with Crippen LogP contribution in [0.3, 0.4) is 0 Å². The van der Waals surface area contributed by atoms with E-state index < -0.39 is 201 Å². The number of hydrogen-bond acceptors (Lipinski definition) is 25. The molecule has 3 unspecified atom stereocenters. The highest BCUT2D eigenvalue weighted by Crippen LogP contribution is 2.71. The normalized spacial score (nSPS) is 57.6. The molecule has 4 aliphatic carbocycles. The fourth-order valence-electron chi connectivity index (χ4n) is 15.7. The molecule has 10 rings (SSSR count). The summed E-state index contributed by atoms with van der Waals surface area (Å²) in [6, 6.07) is 0. The van der Waals surface area contributed by atoms with Crippen molar-refractivity contribution in [3.8, 4) is 0 Å². The summed E-state index contributed by atoms with van der Waals surface area (Å²) in [7, 11) is 0. The molecule has 25 heteroatoms. The van der Waals surface area contributed by atoms with Crippen LogP contribution in [0.25, 0.3) is 0 Å². The monoisotopic (exact) mass is 1110 g/mol. The molecule has 6 saturated heterocycles. The van der Waals surface area contributed by atoms with E-state index in [1.807, 2.05) is 20.8 Å². The summed E-state index contributed by atoms with van der Waals surface area (Å²) < 4.78 is 68.2. The van der Waals surface area contributed by atoms with Crippen molar-refractivity contribution < 1.29 is 123 Å². The highest BCUT2D eigenvalue weighted by molar-refractivity contribution is 5.66. The SMILES string of the molecule is CC(=O)O[C@@H]1[C@@H](O)[C@@H](O)[C@H](O[C@H]2[C@H](O[C@@H]3C[C@H](O)CC4=CC[C@@H]5[C@H](C[C@@H](O)[C@]6(C)C7C(C[C@@H]56)O[C@@]5(OC[C@@H](C)[C@H](O[C@@H]6O[C@H](C)[C@H](O)[C@@H](O)[C@H]6O)[C@@H]5O)C7C)[C@]43C)O[C@H](CO)[C@@H](O)[C@@H]2O[C@@H]2OC[C@@H](O)[C@H](O)[C@H]2O)O[C@H]1C. The quantitative estimate of drug-likeness (QED) is 0.0736. The predicted molar refractivity (Wildman–Crippen MR) is 255 cm³/mol. The number of aliphatic hydroxyl groups excluding tert-OH is 13. The molecular weight excluding hydrogens is 1020 g/mol. The molecule has 0 aromatic rings. The molecule has 25 nitrogen and oxygen atoms in total. The van der Waals surface area contributed by atoms with Gasteiger partial charge in [-0.25, -0.2) is 0 Å². The molecule has 0 aromatic carbocycles. The van der Waals surface area contributed by atoms with Crippen molar-refractivity contribution >= 4 is 5.97 Å². The largest absolute Gasteiger partial charge is 0.457 e. The average Bonchev–Trinajstić information content (AvgIpc) is 3.85. The van der Waals surface area contributed by atoms with Crippen LogP contribution < -0.4 is 0 Å². The van der Waals surface area contributed by atoms with Gasteiger partial charge in [-0.3, -0.25) is 4.79 Å². The van der Waals surface area contributed by atoms with Crippen molar-refractivity contribution in [2.75, 3.05) is 19.8 Å². The zero-order valence-corrected chi connectivity index (χ0v) is 44.3. The number of allylic oxidation sites excluding steroid dienone is 1. The first-order chi connectivity index (χ1) is 36.3. The Bertz CT molecular complexity index is 2120. The summed E-state index contributed by atoms with van der Waals surface area (Å²) >= 11 is 0. The summed E-state index contributed by atoms with van der Waals surface area (Å²) in [5, 5.41) is 145. The van der Waals surface area contributed by atoms with E-state index in [0.29, 0.717) is 12.8 Å². The number of esters is 1. The predicted octanol–water partition coefficient (Wildman–Crippen LogP) is -3.84. The minimum Gasteiger partial charge on any atom is -0.457 e. The fraction of sp³-hybridized carbons (Fsp3) is 0.942. The number of ether oxygens (including phenoxy) is 11. The summed E-state index contributed by atoms with van der Waals surface area (Å²) in [5.74, 6) is -4.11. The fourth-order valence-corrected chi connectivity index (χ4v) is 15.7. The van der Waals surface area contributed by atoms with E-state index in [1.54, 1.807) is 6.92 Å². The van der Waals surface area contributed by atoms with Gasteiger partial charge in [-0.15, -0.1) is 0 Å². The lowest BCUT2D eigenvalue weighted by Gasteiger charge is -2.62. The van der Waals surface area contributed by atoms with Gasteiger partial charge >= 0.3 is 5.97 Å². The van der Waals surface area contributed by atoms with E-state index in [0.717, 1.165) is 12.5 Å². The third-order valence-corrected chi connectivity index (χ3v) is 20.0. The van der Waals surface area contributed by atoms with E-state index >= 15 is 0 Å². The Kier molecular flexibility index (Phi) is 16.6. The molecule has 440 valence electrons. The van der Waals surface area contributed by atoms with Crippen LogP contribution in [0.2, 0.25) is 0 Å². The molecule has 0 amide bonds. The van der Waals surface area contributed by atoms with Crippen LogP contribution in [-0.2, 0) is 56.9 Å². The molecule has 1 spiro atoms. The van der Waals surface area contributed by atoms with Gasteiger partial charge < -0.3 is 118 Å². The van der Waals surface area contributed by atoms with Gasteiger partial charge in [0.2, 0.25) is 0 Å². The lowest BCUT2D eigenvalue weighted by atomic mass is 9.45. The van der Waals surface area contributed by atoms with Crippen molar-refractivity contribution in [1.29, 1.82) is 0 Å². The lowest BCUT2D eigenvalue weighted by molar-refractivity contribution is -0.393. The maximum absolute atomic E-state index is 12.8. The van der Waals surface area contributed by atoms with Gasteiger partial charge in [-0.05, 0) is 57.3 Å². The third-order valence-electron chi connectivity index (χ3n) is 20.0. The van der Waals surface area contributed by atoms with Gasteiger partial charge in [-0.2, -0.15) is 0 Å². The number of fused-ring (bicyclic) bond motifs is 7. The molecule has 0 bridgehead atoms. The van der Waals surface area contributed by atoms with Crippen molar-refractivity contribution in [3.05, 3.63) is 11.6 Å². The van der Waals surface area contributed by atoms with Gasteiger partial charge in [0.25, 0.3) is 0 Å². The van der Waals surface area contributed by atoms with Crippen LogP contribution in [0.15, 0.2) is 11.6 Å². The van der Waals surface area contributed by atoms with Crippen LogP contribution >= 0.6 is 0 Å². The second-order valence-electron chi connectivity index (χ2n) is 24.3. The highest BCUT2D eigenvalue weighted by Gasteiger charge is 2.74. The molecule has 13 N–H and O–H groups in total. The van der Waals surface area contributed by atoms with Crippen LogP contribution in [0.1, 0.15) is 80.6 Å². The Labute approximate surface area is 445 Å². The standard InChI is InChI=1S/C52H82O25/c1-17-15-68-52(45(66)41(17)74-47-39(64)36(61)33(58)19(3)69-47)18(2)32-28(77-52)12-25-24-9-8-22-10-23(55)11-31(50(22,6)26(24)13-30(57)51(25,32)7)73-49-44(76-48-40(65)37(62)42(20(4)70-48)71-21(5)54)43(35(60)29(14-53)72-49)75-46-38(63)34(59)27(56)16-67-46/h8,17-20,23-49,53,55-66H,9-16H2,1-7H3/t17-,18?,19-,20+,23-,24+,25+,26+,27-,28?,29-,30-,31-,32?,33+,34+,35-,36-,37+,38-,39-,40-,41+,42+,43+,44-,45+,46+,47+,48+,49+,50+,51-,52+/m1/s1. The molecule has 0 radical (unpaired) electrons. The van der Waals surface area contributed by atoms with Crippen LogP contribution in [0.4, 0.5) is 0 Å². The Balaban J connectivity index is 0.929. The van der Waals surface area contributed by atoms with Gasteiger partial charge in [0.15, 0.2) is 37.1 Å².